The molecule has 2 aromatic carbocycles. The minimum absolute atomic E-state index is 0.104. The zero-order valence-corrected chi connectivity index (χ0v) is 13.8. The number of amides is 1. The number of aromatic nitrogens is 2. The van der Waals surface area contributed by atoms with Crippen molar-refractivity contribution < 1.29 is 4.79 Å². The summed E-state index contributed by atoms with van der Waals surface area (Å²) in [6.07, 6.45) is 3.45. The molecular formula is C19H20N4O. The summed E-state index contributed by atoms with van der Waals surface area (Å²) < 4.78 is 1.64. The van der Waals surface area contributed by atoms with E-state index in [1.54, 1.807) is 23.1 Å². The van der Waals surface area contributed by atoms with Crippen LogP contribution in [0.3, 0.4) is 0 Å². The van der Waals surface area contributed by atoms with Crippen molar-refractivity contribution in [2.45, 2.75) is 13.0 Å². The van der Waals surface area contributed by atoms with Gasteiger partial charge in [-0.25, -0.2) is 0 Å². The third-order valence-corrected chi connectivity index (χ3v) is 3.97. The molecule has 1 atom stereocenters. The summed E-state index contributed by atoms with van der Waals surface area (Å²) >= 11 is 0. The second kappa shape index (κ2) is 7.00. The van der Waals surface area contributed by atoms with Gasteiger partial charge in [-0.05, 0) is 37.3 Å². The number of hydrogen-bond acceptors (Lipinski definition) is 3. The zero-order valence-electron chi connectivity index (χ0n) is 13.8. The quantitative estimate of drug-likeness (QED) is 0.777. The van der Waals surface area contributed by atoms with E-state index >= 15 is 0 Å². The molecule has 0 saturated carbocycles. The van der Waals surface area contributed by atoms with Crippen LogP contribution in [0.5, 0.6) is 0 Å². The first-order chi connectivity index (χ1) is 11.7. The molecule has 5 heteroatoms. The second-order valence-corrected chi connectivity index (χ2v) is 5.56. The molecule has 1 heterocycles. The Morgan fingerprint density at radius 2 is 1.79 bits per heavy atom. The van der Waals surface area contributed by atoms with Crippen LogP contribution < -0.4 is 10.2 Å². The number of nitrogens with zero attached hydrogens (tertiary/aromatic N) is 3. The van der Waals surface area contributed by atoms with E-state index in [0.717, 1.165) is 17.1 Å². The summed E-state index contributed by atoms with van der Waals surface area (Å²) in [7, 11) is 1.98. The topological polar surface area (TPSA) is 50.2 Å². The number of benzene rings is 2. The maximum absolute atomic E-state index is 12.5. The Bertz CT molecular complexity index is 799. The number of hydrogen-bond donors (Lipinski definition) is 1. The highest BCUT2D eigenvalue weighted by atomic mass is 16.2. The molecule has 0 saturated heterocycles. The highest BCUT2D eigenvalue weighted by molar-refractivity contribution is 5.97. The van der Waals surface area contributed by atoms with Gasteiger partial charge in [0.05, 0.1) is 11.4 Å². The predicted molar refractivity (Wildman–Crippen MR) is 96.5 cm³/mol. The Labute approximate surface area is 141 Å². The fourth-order valence-corrected chi connectivity index (χ4v) is 2.53. The second-order valence-electron chi connectivity index (χ2n) is 5.56. The van der Waals surface area contributed by atoms with Gasteiger partial charge in [0.2, 0.25) is 5.91 Å². The van der Waals surface area contributed by atoms with Crippen molar-refractivity contribution in [3.8, 4) is 0 Å². The normalized spacial score (nSPS) is 11.8. The Kier molecular flexibility index (Phi) is 4.61. The third kappa shape index (κ3) is 3.30. The van der Waals surface area contributed by atoms with Crippen molar-refractivity contribution in [3.05, 3.63) is 73.1 Å². The van der Waals surface area contributed by atoms with Gasteiger partial charge in [-0.2, -0.15) is 5.10 Å². The highest BCUT2D eigenvalue weighted by Crippen LogP contribution is 2.30. The number of para-hydroxylation sites is 3. The van der Waals surface area contributed by atoms with Gasteiger partial charge in [0.15, 0.2) is 0 Å². The van der Waals surface area contributed by atoms with Gasteiger partial charge in [-0.1, -0.05) is 30.3 Å². The lowest BCUT2D eigenvalue weighted by Gasteiger charge is -2.23. The summed E-state index contributed by atoms with van der Waals surface area (Å²) in [5.74, 6) is -0.104. The van der Waals surface area contributed by atoms with E-state index in [2.05, 4.69) is 10.4 Å². The molecule has 0 aliphatic carbocycles. The van der Waals surface area contributed by atoms with E-state index in [1.807, 2.05) is 73.5 Å². The maximum atomic E-state index is 12.5. The fourth-order valence-electron chi connectivity index (χ4n) is 2.53. The average molecular weight is 320 g/mol. The first kappa shape index (κ1) is 15.8. The number of anilines is 3. The van der Waals surface area contributed by atoms with Crippen LogP contribution in [0.4, 0.5) is 17.1 Å². The summed E-state index contributed by atoms with van der Waals surface area (Å²) in [5, 5.41) is 7.14. The molecule has 0 spiro atoms. The summed E-state index contributed by atoms with van der Waals surface area (Å²) in [5.41, 5.74) is 2.76. The van der Waals surface area contributed by atoms with Gasteiger partial charge in [0, 0.05) is 25.1 Å². The number of carbonyl (C=O) groups excluding carboxylic acids is 1. The Morgan fingerprint density at radius 3 is 2.50 bits per heavy atom. The summed E-state index contributed by atoms with van der Waals surface area (Å²) in [6.45, 7) is 1.83. The number of nitrogens with one attached hydrogen (secondary N) is 1. The molecule has 0 bridgehead atoms. The molecule has 0 fully saturated rings. The van der Waals surface area contributed by atoms with E-state index < -0.39 is 0 Å². The van der Waals surface area contributed by atoms with Crippen molar-refractivity contribution in [1.29, 1.82) is 0 Å². The first-order valence-corrected chi connectivity index (χ1v) is 7.84. The van der Waals surface area contributed by atoms with Crippen LogP contribution in [0.2, 0.25) is 0 Å². The Morgan fingerprint density at radius 1 is 1.08 bits per heavy atom. The van der Waals surface area contributed by atoms with Gasteiger partial charge >= 0.3 is 0 Å². The van der Waals surface area contributed by atoms with E-state index in [9.17, 15) is 4.79 Å². The predicted octanol–water partition coefficient (Wildman–Crippen LogP) is 3.85. The minimum Gasteiger partial charge on any atom is -0.343 e. The molecule has 0 aliphatic rings. The van der Waals surface area contributed by atoms with Crippen LogP contribution in [0.1, 0.15) is 13.0 Å². The molecule has 0 unspecified atom stereocenters. The van der Waals surface area contributed by atoms with Crippen LogP contribution in [0.25, 0.3) is 0 Å². The smallest absolute Gasteiger partial charge is 0.249 e. The molecule has 24 heavy (non-hydrogen) atoms. The van der Waals surface area contributed by atoms with Crippen molar-refractivity contribution in [2.24, 2.45) is 0 Å². The summed E-state index contributed by atoms with van der Waals surface area (Å²) in [4.78, 5) is 14.6. The van der Waals surface area contributed by atoms with E-state index in [-0.39, 0.29) is 11.9 Å². The molecule has 122 valence electrons. The lowest BCUT2D eigenvalue weighted by Crippen LogP contribution is -2.25. The van der Waals surface area contributed by atoms with Crippen molar-refractivity contribution in [3.63, 3.8) is 0 Å². The highest BCUT2D eigenvalue weighted by Gasteiger charge is 2.17. The molecule has 1 amide bonds. The lowest BCUT2D eigenvalue weighted by atomic mass is 10.2. The third-order valence-electron chi connectivity index (χ3n) is 3.97. The van der Waals surface area contributed by atoms with Gasteiger partial charge in [0.25, 0.3) is 0 Å². The van der Waals surface area contributed by atoms with Gasteiger partial charge in [0.1, 0.15) is 6.04 Å². The first-order valence-electron chi connectivity index (χ1n) is 7.84. The van der Waals surface area contributed by atoms with Crippen molar-refractivity contribution in [2.75, 3.05) is 17.3 Å². The molecule has 1 aromatic heterocycles. The SMILES string of the molecule is C[C@H](C(=O)Nc1ccccc1N(C)c1ccccc1)n1cccn1. The van der Waals surface area contributed by atoms with Crippen LogP contribution in [-0.4, -0.2) is 22.7 Å². The van der Waals surface area contributed by atoms with Gasteiger partial charge in [-0.3, -0.25) is 9.48 Å². The molecule has 3 aromatic rings. The van der Waals surface area contributed by atoms with Gasteiger partial charge < -0.3 is 10.2 Å². The van der Waals surface area contributed by atoms with E-state index in [4.69, 9.17) is 0 Å². The zero-order chi connectivity index (χ0) is 16.9. The maximum Gasteiger partial charge on any atom is 0.249 e. The largest absolute Gasteiger partial charge is 0.343 e. The fraction of sp³-hybridized carbons (Fsp3) is 0.158. The molecule has 0 aliphatic heterocycles. The summed E-state index contributed by atoms with van der Waals surface area (Å²) in [6, 6.07) is 19.2. The molecule has 5 nitrogen and oxygen atoms in total. The van der Waals surface area contributed by atoms with Crippen LogP contribution in [0.15, 0.2) is 73.1 Å². The van der Waals surface area contributed by atoms with Crippen LogP contribution in [-0.2, 0) is 4.79 Å². The van der Waals surface area contributed by atoms with Crippen molar-refractivity contribution >= 4 is 23.0 Å². The molecule has 3 rings (SSSR count). The molecule has 0 radical (unpaired) electrons. The average Bonchev–Trinajstić information content (AvgIpc) is 3.16. The Balaban J connectivity index is 1.83. The number of carbonyl (C=O) groups is 1. The van der Waals surface area contributed by atoms with Crippen LogP contribution in [0, 0.1) is 0 Å². The van der Waals surface area contributed by atoms with Gasteiger partial charge in [-0.15, -0.1) is 0 Å². The van der Waals surface area contributed by atoms with Crippen LogP contribution >= 0.6 is 0 Å². The number of rotatable bonds is 5. The minimum atomic E-state index is -0.380. The van der Waals surface area contributed by atoms with E-state index in [0.29, 0.717) is 0 Å². The molecule has 1 N–H and O–H groups in total. The monoisotopic (exact) mass is 320 g/mol. The molecular weight excluding hydrogens is 300 g/mol. The Hall–Kier alpha value is -3.08. The standard InChI is InChI=1S/C19H20N4O/c1-15(23-14-8-13-20-23)19(24)21-17-11-6-7-12-18(17)22(2)16-9-4-3-5-10-16/h3-15H,1-2H3,(H,21,24)/t15-/m1/s1. The van der Waals surface area contributed by atoms with Crippen molar-refractivity contribution in [1.82, 2.24) is 9.78 Å². The lowest BCUT2D eigenvalue weighted by molar-refractivity contribution is -0.119. The van der Waals surface area contributed by atoms with E-state index in [1.165, 1.54) is 0 Å².